The minimum absolute atomic E-state index is 0.0116. The third kappa shape index (κ3) is 3.65. The van der Waals surface area contributed by atoms with E-state index in [0.29, 0.717) is 18.8 Å². The third-order valence-electron chi connectivity index (χ3n) is 6.07. The molecule has 0 unspecified atom stereocenters. The highest BCUT2D eigenvalue weighted by Gasteiger charge is 2.49. The van der Waals surface area contributed by atoms with Crippen LogP contribution in [0, 0.1) is 5.41 Å². The maximum atomic E-state index is 13.0. The largest absolute Gasteiger partial charge is 0.334 e. The molecule has 0 saturated carbocycles. The number of fused-ring (bicyclic) bond motifs is 2. The molecule has 2 aliphatic rings. The van der Waals surface area contributed by atoms with Crippen molar-refractivity contribution in [2.45, 2.75) is 45.3 Å². The van der Waals surface area contributed by atoms with Crippen LogP contribution in [0.25, 0.3) is 11.1 Å². The molecular formula is C23H28N4O2. The quantitative estimate of drug-likeness (QED) is 0.871. The van der Waals surface area contributed by atoms with E-state index in [2.05, 4.69) is 4.98 Å². The van der Waals surface area contributed by atoms with Crippen LogP contribution < -0.4 is 5.73 Å². The summed E-state index contributed by atoms with van der Waals surface area (Å²) in [6.07, 6.45) is 2.56. The van der Waals surface area contributed by atoms with Gasteiger partial charge in [0.1, 0.15) is 5.69 Å². The summed E-state index contributed by atoms with van der Waals surface area (Å²) in [5.41, 5.74) is 8.40. The number of hydrogen-bond donors (Lipinski definition) is 1. The first kappa shape index (κ1) is 19.6. The zero-order valence-electron chi connectivity index (χ0n) is 17.2. The molecule has 2 N–H and O–H groups in total. The highest BCUT2D eigenvalue weighted by atomic mass is 16.2. The molecule has 1 aromatic heterocycles. The molecule has 6 nitrogen and oxygen atoms in total. The Morgan fingerprint density at radius 1 is 1.00 bits per heavy atom. The molecule has 2 aliphatic heterocycles. The molecule has 4 rings (SSSR count). The lowest BCUT2D eigenvalue weighted by atomic mass is 9.86. The van der Waals surface area contributed by atoms with Crippen molar-refractivity contribution in [1.82, 2.24) is 14.8 Å². The van der Waals surface area contributed by atoms with Crippen LogP contribution in [0.15, 0.2) is 48.7 Å². The summed E-state index contributed by atoms with van der Waals surface area (Å²) in [5.74, 6) is -0.0771. The molecule has 0 aliphatic carbocycles. The summed E-state index contributed by atoms with van der Waals surface area (Å²) >= 11 is 0. The predicted octanol–water partition coefficient (Wildman–Crippen LogP) is 2.55. The second kappa shape index (κ2) is 7.26. The Morgan fingerprint density at radius 2 is 1.66 bits per heavy atom. The zero-order chi connectivity index (χ0) is 20.8. The number of likely N-dealkylation sites (tertiary alicyclic amines) is 2. The standard InChI is InChI=1S/C23H28N4O2/c1-23(2,3)20(24)22(29)27-14-17-11-18(27)13-26(17)21(28)19-10-9-16(12-25-19)15-7-5-4-6-8-15/h4-10,12,17-18,20H,11,13-14,24H2,1-3H3/t17-,18-,20+/m0/s1. The van der Waals surface area contributed by atoms with Gasteiger partial charge in [-0.25, -0.2) is 0 Å². The summed E-state index contributed by atoms with van der Waals surface area (Å²) < 4.78 is 0. The number of carbonyl (C=O) groups excluding carboxylic acids is 2. The van der Waals surface area contributed by atoms with Crippen LogP contribution in [0.5, 0.6) is 0 Å². The van der Waals surface area contributed by atoms with Gasteiger partial charge in [0.05, 0.1) is 18.1 Å². The monoisotopic (exact) mass is 392 g/mol. The molecule has 3 atom stereocenters. The van der Waals surface area contributed by atoms with E-state index in [4.69, 9.17) is 5.73 Å². The van der Waals surface area contributed by atoms with E-state index in [0.717, 1.165) is 17.5 Å². The number of rotatable bonds is 3. The normalized spacial score (nSPS) is 22.1. The van der Waals surface area contributed by atoms with Gasteiger partial charge in [0.2, 0.25) is 5.91 Å². The number of nitrogens with zero attached hydrogens (tertiary/aromatic N) is 3. The van der Waals surface area contributed by atoms with Gasteiger partial charge >= 0.3 is 0 Å². The molecule has 29 heavy (non-hydrogen) atoms. The van der Waals surface area contributed by atoms with Crippen LogP contribution in [-0.2, 0) is 4.79 Å². The van der Waals surface area contributed by atoms with Crippen LogP contribution >= 0.6 is 0 Å². The number of carbonyl (C=O) groups is 2. The molecule has 2 saturated heterocycles. The number of nitrogens with two attached hydrogens (primary N) is 1. The number of piperazine rings is 1. The van der Waals surface area contributed by atoms with E-state index >= 15 is 0 Å². The number of pyridine rings is 1. The van der Waals surface area contributed by atoms with E-state index < -0.39 is 6.04 Å². The highest BCUT2D eigenvalue weighted by Crippen LogP contribution is 2.33. The molecule has 1 aromatic carbocycles. The molecule has 2 amide bonds. The molecule has 2 fully saturated rings. The second-order valence-electron chi connectivity index (χ2n) is 9.13. The fourth-order valence-electron chi connectivity index (χ4n) is 4.20. The van der Waals surface area contributed by atoms with Gasteiger partial charge in [-0.05, 0) is 23.5 Å². The van der Waals surface area contributed by atoms with Crippen molar-refractivity contribution in [3.63, 3.8) is 0 Å². The zero-order valence-corrected chi connectivity index (χ0v) is 17.2. The SMILES string of the molecule is CC(C)(C)[C@H](N)C(=O)N1C[C@@H]2C[C@H]1CN2C(=O)c1ccc(-c2ccccc2)cn1. The lowest BCUT2D eigenvalue weighted by Crippen LogP contribution is -2.57. The maximum Gasteiger partial charge on any atom is 0.272 e. The fourth-order valence-corrected chi connectivity index (χ4v) is 4.20. The average Bonchev–Trinajstić information content (AvgIpc) is 3.33. The Morgan fingerprint density at radius 3 is 2.21 bits per heavy atom. The van der Waals surface area contributed by atoms with Crippen molar-refractivity contribution in [2.75, 3.05) is 13.1 Å². The summed E-state index contributed by atoms with van der Waals surface area (Å²) in [6, 6.07) is 13.3. The van der Waals surface area contributed by atoms with Crippen molar-refractivity contribution in [3.8, 4) is 11.1 Å². The average molecular weight is 393 g/mol. The fraction of sp³-hybridized carbons (Fsp3) is 0.435. The van der Waals surface area contributed by atoms with Crippen LogP contribution in [0.3, 0.4) is 0 Å². The first-order chi connectivity index (χ1) is 13.8. The molecule has 2 aromatic rings. The first-order valence-electron chi connectivity index (χ1n) is 10.1. The van der Waals surface area contributed by atoms with Gasteiger partial charge in [0.25, 0.3) is 5.91 Å². The van der Waals surface area contributed by atoms with Gasteiger partial charge < -0.3 is 15.5 Å². The molecule has 2 bridgehead atoms. The minimum Gasteiger partial charge on any atom is -0.334 e. The number of aromatic nitrogens is 1. The number of amides is 2. The van der Waals surface area contributed by atoms with E-state index in [1.165, 1.54) is 0 Å². The van der Waals surface area contributed by atoms with Crippen LogP contribution in [-0.4, -0.2) is 57.8 Å². The Labute approximate surface area is 171 Å². The summed E-state index contributed by atoms with van der Waals surface area (Å²) in [6.45, 7) is 7.04. The number of hydrogen-bond acceptors (Lipinski definition) is 4. The Balaban J connectivity index is 1.43. The minimum atomic E-state index is -0.529. The van der Waals surface area contributed by atoms with Crippen molar-refractivity contribution in [3.05, 3.63) is 54.4 Å². The van der Waals surface area contributed by atoms with Crippen LogP contribution in [0.4, 0.5) is 0 Å². The van der Waals surface area contributed by atoms with Gasteiger partial charge in [-0.15, -0.1) is 0 Å². The molecule has 0 spiro atoms. The van der Waals surface area contributed by atoms with Crippen molar-refractivity contribution < 1.29 is 9.59 Å². The van der Waals surface area contributed by atoms with Crippen molar-refractivity contribution in [1.29, 1.82) is 0 Å². The molecule has 0 radical (unpaired) electrons. The number of benzene rings is 1. The lowest BCUT2D eigenvalue weighted by Gasteiger charge is -2.37. The molecule has 6 heteroatoms. The third-order valence-corrected chi connectivity index (χ3v) is 6.07. The Hall–Kier alpha value is -2.73. The molecular weight excluding hydrogens is 364 g/mol. The molecule has 3 heterocycles. The first-order valence-corrected chi connectivity index (χ1v) is 10.1. The second-order valence-corrected chi connectivity index (χ2v) is 9.13. The Bertz CT molecular complexity index is 905. The smallest absolute Gasteiger partial charge is 0.272 e. The van der Waals surface area contributed by atoms with Gasteiger partial charge in [0.15, 0.2) is 0 Å². The molecule has 152 valence electrons. The summed E-state index contributed by atoms with van der Waals surface area (Å²) in [4.78, 5) is 33.9. The van der Waals surface area contributed by atoms with Crippen molar-refractivity contribution in [2.24, 2.45) is 11.1 Å². The predicted molar refractivity (Wildman–Crippen MR) is 112 cm³/mol. The van der Waals surface area contributed by atoms with Crippen molar-refractivity contribution >= 4 is 11.8 Å². The van der Waals surface area contributed by atoms with Gasteiger partial charge in [-0.3, -0.25) is 14.6 Å². The lowest BCUT2D eigenvalue weighted by molar-refractivity contribution is -0.137. The van der Waals surface area contributed by atoms with Crippen LogP contribution in [0.2, 0.25) is 0 Å². The van der Waals surface area contributed by atoms with E-state index in [1.54, 1.807) is 12.3 Å². The Kier molecular flexibility index (Phi) is 4.90. The van der Waals surface area contributed by atoms with Gasteiger partial charge in [0, 0.05) is 24.8 Å². The highest BCUT2D eigenvalue weighted by molar-refractivity contribution is 5.93. The topological polar surface area (TPSA) is 79.5 Å². The summed E-state index contributed by atoms with van der Waals surface area (Å²) in [7, 11) is 0. The maximum absolute atomic E-state index is 13.0. The van der Waals surface area contributed by atoms with Crippen LogP contribution in [0.1, 0.15) is 37.7 Å². The summed E-state index contributed by atoms with van der Waals surface area (Å²) in [5, 5.41) is 0. The van der Waals surface area contributed by atoms with E-state index in [-0.39, 0.29) is 29.3 Å². The van der Waals surface area contributed by atoms with E-state index in [1.807, 2.05) is 67.0 Å². The van der Waals surface area contributed by atoms with Gasteiger partial charge in [-0.1, -0.05) is 57.2 Å². The van der Waals surface area contributed by atoms with E-state index in [9.17, 15) is 9.59 Å². The van der Waals surface area contributed by atoms with Gasteiger partial charge in [-0.2, -0.15) is 0 Å².